The van der Waals surface area contributed by atoms with E-state index in [2.05, 4.69) is 42.5 Å². The van der Waals surface area contributed by atoms with Gasteiger partial charge in [0.2, 0.25) is 0 Å². The summed E-state index contributed by atoms with van der Waals surface area (Å²) in [4.78, 5) is 0. The number of methoxy groups -OCH3 is 2. The number of aryl methyl sites for hydroxylation is 2. The first-order valence-corrected chi connectivity index (χ1v) is 11.3. The molecule has 0 spiro atoms. The van der Waals surface area contributed by atoms with Crippen LogP contribution in [-0.4, -0.2) is 14.2 Å². The van der Waals surface area contributed by atoms with Crippen LogP contribution in [0.5, 0.6) is 11.5 Å². The maximum atomic E-state index is 5.47. The molecule has 2 aromatic rings. The summed E-state index contributed by atoms with van der Waals surface area (Å²) in [5.74, 6) is 3.47. The van der Waals surface area contributed by atoms with E-state index in [0.717, 1.165) is 29.8 Å². The van der Waals surface area contributed by atoms with Gasteiger partial charge in [-0.3, -0.25) is 0 Å². The molecule has 4 rings (SSSR count). The standard InChI is InChI=1S/C27H34O2/c1-28-25-9-6-7-20(17-25)11-12-22-8-4-3-5-10-27(22)23-14-13-21-15-16-26(29-2)19-24(21)18-23/h6-7,9,15-19,22,27H,3-5,8,10-14H2,1-2H3. The average molecular weight is 391 g/mol. The van der Waals surface area contributed by atoms with Gasteiger partial charge >= 0.3 is 0 Å². The summed E-state index contributed by atoms with van der Waals surface area (Å²) in [6, 6.07) is 15.2. The highest BCUT2D eigenvalue weighted by atomic mass is 16.5. The molecule has 0 bridgehead atoms. The van der Waals surface area contributed by atoms with Crippen molar-refractivity contribution in [1.29, 1.82) is 0 Å². The van der Waals surface area contributed by atoms with Crippen LogP contribution in [-0.2, 0) is 12.8 Å². The van der Waals surface area contributed by atoms with Crippen molar-refractivity contribution < 1.29 is 9.47 Å². The summed E-state index contributed by atoms with van der Waals surface area (Å²) in [5.41, 5.74) is 5.93. The number of rotatable bonds is 6. The summed E-state index contributed by atoms with van der Waals surface area (Å²) < 4.78 is 10.9. The number of fused-ring (bicyclic) bond motifs is 1. The van der Waals surface area contributed by atoms with Crippen LogP contribution in [0.4, 0.5) is 0 Å². The lowest BCUT2D eigenvalue weighted by Crippen LogP contribution is -2.19. The smallest absolute Gasteiger partial charge is 0.119 e. The highest BCUT2D eigenvalue weighted by Gasteiger charge is 2.28. The Morgan fingerprint density at radius 2 is 1.69 bits per heavy atom. The van der Waals surface area contributed by atoms with Crippen LogP contribution in [0, 0.1) is 11.8 Å². The summed E-state index contributed by atoms with van der Waals surface area (Å²) in [5, 5.41) is 0. The minimum absolute atomic E-state index is 0.738. The normalized spacial score (nSPS) is 21.7. The maximum Gasteiger partial charge on any atom is 0.119 e. The Bertz CT molecular complexity index is 851. The van der Waals surface area contributed by atoms with Gasteiger partial charge in [0.25, 0.3) is 0 Å². The Balaban J connectivity index is 1.52. The van der Waals surface area contributed by atoms with Crippen LogP contribution in [0.1, 0.15) is 61.6 Å². The molecular weight excluding hydrogens is 356 g/mol. The lowest BCUT2D eigenvalue weighted by atomic mass is 9.75. The predicted molar refractivity (Wildman–Crippen MR) is 121 cm³/mol. The molecule has 0 aliphatic heterocycles. The van der Waals surface area contributed by atoms with E-state index in [4.69, 9.17) is 9.47 Å². The highest BCUT2D eigenvalue weighted by molar-refractivity contribution is 5.62. The molecule has 0 radical (unpaired) electrons. The van der Waals surface area contributed by atoms with Gasteiger partial charge < -0.3 is 9.47 Å². The first kappa shape index (κ1) is 20.1. The van der Waals surface area contributed by atoms with Crippen LogP contribution in [0.2, 0.25) is 0 Å². The summed E-state index contributed by atoms with van der Waals surface area (Å²) in [6.07, 6.45) is 14.2. The summed E-state index contributed by atoms with van der Waals surface area (Å²) in [6.45, 7) is 0. The van der Waals surface area contributed by atoms with Crippen LogP contribution < -0.4 is 9.47 Å². The fraction of sp³-hybridized carbons (Fsp3) is 0.481. The molecule has 0 aromatic heterocycles. The third-order valence-electron chi connectivity index (χ3n) is 6.95. The predicted octanol–water partition coefficient (Wildman–Crippen LogP) is 6.86. The zero-order valence-corrected chi connectivity index (χ0v) is 18.0. The number of allylic oxidation sites excluding steroid dienone is 1. The summed E-state index contributed by atoms with van der Waals surface area (Å²) in [7, 11) is 3.51. The van der Waals surface area contributed by atoms with E-state index in [1.165, 1.54) is 68.1 Å². The van der Waals surface area contributed by atoms with E-state index in [1.54, 1.807) is 19.8 Å². The van der Waals surface area contributed by atoms with Gasteiger partial charge in [-0.25, -0.2) is 0 Å². The van der Waals surface area contributed by atoms with Crippen molar-refractivity contribution in [3.05, 3.63) is 64.7 Å². The lowest BCUT2D eigenvalue weighted by molar-refractivity contribution is 0.329. The molecule has 2 unspecified atom stereocenters. The van der Waals surface area contributed by atoms with Gasteiger partial charge in [-0.15, -0.1) is 0 Å². The summed E-state index contributed by atoms with van der Waals surface area (Å²) >= 11 is 0. The van der Waals surface area contributed by atoms with Gasteiger partial charge in [-0.2, -0.15) is 0 Å². The van der Waals surface area contributed by atoms with Crippen LogP contribution in [0.3, 0.4) is 0 Å². The van der Waals surface area contributed by atoms with Crippen molar-refractivity contribution >= 4 is 6.08 Å². The van der Waals surface area contributed by atoms with Crippen LogP contribution in [0.15, 0.2) is 48.0 Å². The molecule has 2 aliphatic carbocycles. The molecule has 1 fully saturated rings. The van der Waals surface area contributed by atoms with Gasteiger partial charge in [0.15, 0.2) is 0 Å². The molecular formula is C27H34O2. The first-order chi connectivity index (χ1) is 14.3. The molecule has 154 valence electrons. The molecule has 2 aromatic carbocycles. The molecule has 2 nitrogen and oxygen atoms in total. The number of hydrogen-bond donors (Lipinski definition) is 0. The van der Waals surface area contributed by atoms with Gasteiger partial charge in [0.05, 0.1) is 14.2 Å². The van der Waals surface area contributed by atoms with E-state index in [-0.39, 0.29) is 0 Å². The fourth-order valence-corrected chi connectivity index (χ4v) is 5.30. The molecule has 0 heterocycles. The Morgan fingerprint density at radius 1 is 0.862 bits per heavy atom. The molecule has 29 heavy (non-hydrogen) atoms. The molecule has 0 saturated heterocycles. The molecule has 2 heteroatoms. The topological polar surface area (TPSA) is 18.5 Å². The second kappa shape index (κ2) is 9.52. The largest absolute Gasteiger partial charge is 0.497 e. The van der Waals surface area contributed by atoms with Crippen LogP contribution >= 0.6 is 0 Å². The third kappa shape index (κ3) is 4.86. The minimum atomic E-state index is 0.738. The van der Waals surface area contributed by atoms with Gasteiger partial charge in [-0.05, 0) is 91.3 Å². The van der Waals surface area contributed by atoms with Crippen molar-refractivity contribution in [3.8, 4) is 11.5 Å². The second-order valence-electron chi connectivity index (χ2n) is 8.68. The van der Waals surface area contributed by atoms with E-state index >= 15 is 0 Å². The number of hydrogen-bond acceptors (Lipinski definition) is 2. The van der Waals surface area contributed by atoms with E-state index in [1.807, 2.05) is 6.07 Å². The van der Waals surface area contributed by atoms with Crippen LogP contribution in [0.25, 0.3) is 6.08 Å². The van der Waals surface area contributed by atoms with Crippen molar-refractivity contribution in [2.24, 2.45) is 11.8 Å². The fourth-order valence-electron chi connectivity index (χ4n) is 5.30. The lowest BCUT2D eigenvalue weighted by Gasteiger charge is -2.30. The van der Waals surface area contributed by atoms with Gasteiger partial charge in [-0.1, -0.05) is 49.1 Å². The van der Waals surface area contributed by atoms with Gasteiger partial charge in [0, 0.05) is 0 Å². The molecule has 0 amide bonds. The minimum Gasteiger partial charge on any atom is -0.497 e. The SMILES string of the molecule is COc1cccc(CCC2CCCCCC2C2=Cc3cc(OC)ccc3CC2)c1. The quantitative estimate of drug-likeness (QED) is 0.501. The van der Waals surface area contributed by atoms with E-state index in [0.29, 0.717) is 0 Å². The van der Waals surface area contributed by atoms with Crippen molar-refractivity contribution in [2.75, 3.05) is 14.2 Å². The van der Waals surface area contributed by atoms with E-state index in [9.17, 15) is 0 Å². The zero-order chi connectivity index (χ0) is 20.1. The Kier molecular flexibility index (Phi) is 6.59. The number of benzene rings is 2. The monoisotopic (exact) mass is 390 g/mol. The Labute approximate surface area is 175 Å². The Hall–Kier alpha value is -2.22. The first-order valence-electron chi connectivity index (χ1n) is 11.3. The average Bonchev–Trinajstić information content (AvgIpc) is 3.02. The molecule has 0 N–H and O–H groups in total. The highest BCUT2D eigenvalue weighted by Crippen LogP contribution is 2.41. The van der Waals surface area contributed by atoms with Crippen molar-refractivity contribution in [3.63, 3.8) is 0 Å². The molecule has 2 atom stereocenters. The second-order valence-corrected chi connectivity index (χ2v) is 8.68. The number of ether oxygens (including phenoxy) is 2. The molecule has 1 saturated carbocycles. The van der Waals surface area contributed by atoms with Gasteiger partial charge in [0.1, 0.15) is 11.5 Å². The Morgan fingerprint density at radius 3 is 2.55 bits per heavy atom. The molecule has 2 aliphatic rings. The zero-order valence-electron chi connectivity index (χ0n) is 18.0. The van der Waals surface area contributed by atoms with Crippen molar-refractivity contribution in [1.82, 2.24) is 0 Å². The van der Waals surface area contributed by atoms with Crippen molar-refractivity contribution in [2.45, 2.75) is 57.8 Å². The maximum absolute atomic E-state index is 5.47. The van der Waals surface area contributed by atoms with E-state index < -0.39 is 0 Å². The third-order valence-corrected chi connectivity index (χ3v) is 6.95.